The van der Waals surface area contributed by atoms with Gasteiger partial charge in [0.05, 0.1) is 12.5 Å². The van der Waals surface area contributed by atoms with Gasteiger partial charge in [-0.25, -0.2) is 0 Å². The van der Waals surface area contributed by atoms with Gasteiger partial charge in [-0.15, -0.1) is 12.4 Å². The zero-order valence-electron chi connectivity index (χ0n) is 14.8. The maximum atomic E-state index is 12.7. The molecule has 0 fully saturated rings. The molecule has 0 saturated carbocycles. The third-order valence-corrected chi connectivity index (χ3v) is 4.40. The first-order valence-electron chi connectivity index (χ1n) is 8.58. The zero-order valence-corrected chi connectivity index (χ0v) is 15.6. The van der Waals surface area contributed by atoms with Crippen LogP contribution in [0.15, 0.2) is 48.5 Å². The summed E-state index contributed by atoms with van der Waals surface area (Å²) >= 11 is 0. The van der Waals surface area contributed by atoms with Crippen molar-refractivity contribution in [1.29, 1.82) is 0 Å². The summed E-state index contributed by atoms with van der Waals surface area (Å²) in [5.74, 6) is -0.131. The number of rotatable bonds is 4. The van der Waals surface area contributed by atoms with Gasteiger partial charge < -0.3 is 16.0 Å². The fourth-order valence-electron chi connectivity index (χ4n) is 3.02. The van der Waals surface area contributed by atoms with Crippen molar-refractivity contribution in [3.63, 3.8) is 0 Å². The first-order valence-corrected chi connectivity index (χ1v) is 8.58. The summed E-state index contributed by atoms with van der Waals surface area (Å²) in [6.07, 6.45) is 2.36. The number of nitrogens with one attached hydrogen (secondary N) is 1. The van der Waals surface area contributed by atoms with Crippen molar-refractivity contribution in [1.82, 2.24) is 0 Å². The number of nitrogens with two attached hydrogens (primary N) is 1. The highest BCUT2D eigenvalue weighted by Crippen LogP contribution is 2.27. The summed E-state index contributed by atoms with van der Waals surface area (Å²) in [6.45, 7) is 2.40. The van der Waals surface area contributed by atoms with E-state index in [1.807, 2.05) is 35.2 Å². The highest BCUT2D eigenvalue weighted by atomic mass is 35.5. The average molecular weight is 374 g/mol. The van der Waals surface area contributed by atoms with Crippen molar-refractivity contribution in [3.05, 3.63) is 59.7 Å². The number of halogens is 1. The van der Waals surface area contributed by atoms with Gasteiger partial charge in [0.15, 0.2) is 0 Å². The number of carbonyl (C=O) groups is 2. The number of nitrogens with zero attached hydrogens (tertiary/aromatic N) is 1. The number of aryl methyl sites for hydroxylation is 1. The van der Waals surface area contributed by atoms with Gasteiger partial charge in [-0.3, -0.25) is 9.59 Å². The Balaban J connectivity index is 0.00000243. The maximum Gasteiger partial charge on any atom is 0.240 e. The second kappa shape index (κ2) is 8.83. The molecule has 0 radical (unpaired) electrons. The van der Waals surface area contributed by atoms with E-state index in [9.17, 15) is 9.59 Å². The van der Waals surface area contributed by atoms with E-state index >= 15 is 0 Å². The van der Waals surface area contributed by atoms with E-state index < -0.39 is 6.04 Å². The van der Waals surface area contributed by atoms with Crippen LogP contribution >= 0.6 is 12.4 Å². The predicted octanol–water partition coefficient (Wildman–Crippen LogP) is 2.92. The molecule has 3 rings (SSSR count). The van der Waals surface area contributed by atoms with Gasteiger partial charge >= 0.3 is 0 Å². The summed E-state index contributed by atoms with van der Waals surface area (Å²) < 4.78 is 0. The Labute approximate surface area is 160 Å². The van der Waals surface area contributed by atoms with Crippen molar-refractivity contribution in [2.24, 2.45) is 5.73 Å². The number of carbonyl (C=O) groups excluding carboxylic acids is 2. The molecule has 0 aromatic heterocycles. The SMILES string of the molecule is C[C@H](N)C(=O)Nc1ccc(CC(=O)N2CCCc3ccccc32)cc1.Cl. The van der Waals surface area contributed by atoms with E-state index in [1.54, 1.807) is 19.1 Å². The van der Waals surface area contributed by atoms with Crippen LogP contribution in [-0.2, 0) is 22.4 Å². The predicted molar refractivity (Wildman–Crippen MR) is 107 cm³/mol. The summed E-state index contributed by atoms with van der Waals surface area (Å²) in [7, 11) is 0. The number of fused-ring (bicyclic) bond motifs is 1. The molecule has 0 aliphatic carbocycles. The summed E-state index contributed by atoms with van der Waals surface area (Å²) in [6, 6.07) is 14.9. The first-order chi connectivity index (χ1) is 12.0. The lowest BCUT2D eigenvalue weighted by Gasteiger charge is -2.29. The Bertz CT molecular complexity index is 775. The monoisotopic (exact) mass is 373 g/mol. The molecule has 0 unspecified atom stereocenters. The molecule has 1 aliphatic heterocycles. The van der Waals surface area contributed by atoms with E-state index in [-0.39, 0.29) is 24.2 Å². The minimum Gasteiger partial charge on any atom is -0.325 e. The Kier molecular flexibility index (Phi) is 6.77. The maximum absolute atomic E-state index is 12.7. The van der Waals surface area contributed by atoms with Crippen LogP contribution in [0.3, 0.4) is 0 Å². The van der Waals surface area contributed by atoms with Gasteiger partial charge in [-0.1, -0.05) is 30.3 Å². The highest BCUT2D eigenvalue weighted by molar-refractivity contribution is 5.96. The quantitative estimate of drug-likeness (QED) is 0.865. The van der Waals surface area contributed by atoms with E-state index in [4.69, 9.17) is 5.73 Å². The molecule has 0 bridgehead atoms. The second-order valence-electron chi connectivity index (χ2n) is 6.43. The van der Waals surface area contributed by atoms with Gasteiger partial charge in [0, 0.05) is 17.9 Å². The molecule has 1 heterocycles. The number of hydrogen-bond donors (Lipinski definition) is 2. The van der Waals surface area contributed by atoms with Crippen molar-refractivity contribution < 1.29 is 9.59 Å². The standard InChI is InChI=1S/C20H23N3O2.ClH/c1-14(21)20(25)22-17-10-8-15(9-11-17)13-19(24)23-12-4-6-16-5-2-3-7-18(16)23;/h2-3,5,7-11,14H,4,6,12-13,21H2,1H3,(H,22,25);1H/t14-;/m0./s1. The summed E-state index contributed by atoms with van der Waals surface area (Å²) in [5, 5.41) is 2.74. The van der Waals surface area contributed by atoms with Crippen LogP contribution in [0.25, 0.3) is 0 Å². The molecule has 2 aromatic rings. The van der Waals surface area contributed by atoms with Crippen molar-refractivity contribution >= 4 is 35.6 Å². The normalized spacial score (nSPS) is 14.0. The van der Waals surface area contributed by atoms with Gasteiger partial charge in [-0.2, -0.15) is 0 Å². The minimum atomic E-state index is -0.555. The Morgan fingerprint density at radius 3 is 2.54 bits per heavy atom. The molecule has 2 amide bonds. The second-order valence-corrected chi connectivity index (χ2v) is 6.43. The first kappa shape index (κ1) is 19.9. The summed E-state index contributed by atoms with van der Waals surface area (Å²) in [5.41, 5.74) is 9.40. The van der Waals surface area contributed by atoms with Gasteiger partial charge in [0.2, 0.25) is 11.8 Å². The smallest absolute Gasteiger partial charge is 0.240 e. The van der Waals surface area contributed by atoms with Crippen molar-refractivity contribution in [2.45, 2.75) is 32.2 Å². The molecule has 5 nitrogen and oxygen atoms in total. The topological polar surface area (TPSA) is 75.4 Å². The van der Waals surface area contributed by atoms with Crippen LogP contribution in [0.1, 0.15) is 24.5 Å². The van der Waals surface area contributed by atoms with Crippen LogP contribution in [0.5, 0.6) is 0 Å². The molecule has 6 heteroatoms. The molecule has 1 atom stereocenters. The van der Waals surface area contributed by atoms with E-state index in [0.29, 0.717) is 12.1 Å². The van der Waals surface area contributed by atoms with Crippen LogP contribution in [0, 0.1) is 0 Å². The highest BCUT2D eigenvalue weighted by Gasteiger charge is 2.22. The molecule has 0 saturated heterocycles. The van der Waals surface area contributed by atoms with Crippen molar-refractivity contribution in [3.8, 4) is 0 Å². The lowest BCUT2D eigenvalue weighted by molar-refractivity contribution is -0.118. The molecule has 2 aromatic carbocycles. The fourth-order valence-corrected chi connectivity index (χ4v) is 3.02. The summed E-state index contributed by atoms with van der Waals surface area (Å²) in [4.78, 5) is 26.2. The molecule has 1 aliphatic rings. The van der Waals surface area contributed by atoms with Gasteiger partial charge in [-0.05, 0) is 49.1 Å². The van der Waals surface area contributed by atoms with Crippen LogP contribution < -0.4 is 16.0 Å². The Morgan fingerprint density at radius 1 is 1.15 bits per heavy atom. The van der Waals surface area contributed by atoms with E-state index in [0.717, 1.165) is 30.6 Å². The number of anilines is 2. The third kappa shape index (κ3) is 4.62. The molecule has 3 N–H and O–H groups in total. The van der Waals surface area contributed by atoms with Crippen molar-refractivity contribution in [2.75, 3.05) is 16.8 Å². The van der Waals surface area contributed by atoms with Crippen LogP contribution in [0.2, 0.25) is 0 Å². The third-order valence-electron chi connectivity index (χ3n) is 4.40. The zero-order chi connectivity index (χ0) is 17.8. The number of benzene rings is 2. The number of para-hydroxylation sites is 1. The Hall–Kier alpha value is -2.37. The minimum absolute atomic E-state index is 0. The lowest BCUT2D eigenvalue weighted by atomic mass is 10.0. The number of hydrogen-bond acceptors (Lipinski definition) is 3. The molecule has 26 heavy (non-hydrogen) atoms. The average Bonchev–Trinajstić information content (AvgIpc) is 2.62. The molecular weight excluding hydrogens is 350 g/mol. The van der Waals surface area contributed by atoms with E-state index in [1.165, 1.54) is 5.56 Å². The molecule has 138 valence electrons. The molecular formula is C20H24ClN3O2. The molecule has 0 spiro atoms. The van der Waals surface area contributed by atoms with Gasteiger partial charge in [0.1, 0.15) is 0 Å². The number of amides is 2. The largest absolute Gasteiger partial charge is 0.325 e. The Morgan fingerprint density at radius 2 is 1.85 bits per heavy atom. The van der Waals surface area contributed by atoms with Crippen LogP contribution in [-0.4, -0.2) is 24.4 Å². The van der Waals surface area contributed by atoms with Crippen LogP contribution in [0.4, 0.5) is 11.4 Å². The fraction of sp³-hybridized carbons (Fsp3) is 0.300. The lowest BCUT2D eigenvalue weighted by Crippen LogP contribution is -2.36. The van der Waals surface area contributed by atoms with Gasteiger partial charge in [0.25, 0.3) is 0 Å². The van der Waals surface area contributed by atoms with E-state index in [2.05, 4.69) is 11.4 Å².